The van der Waals surface area contributed by atoms with Crippen LogP contribution in [0.15, 0.2) is 89.1 Å². The predicted molar refractivity (Wildman–Crippen MR) is 175 cm³/mol. The number of hydrogen-bond donors (Lipinski definition) is 0. The fraction of sp³-hybridized carbons (Fsp3) is 0.351. The van der Waals surface area contributed by atoms with Crippen LogP contribution in [0.4, 0.5) is 5.69 Å². The highest BCUT2D eigenvalue weighted by molar-refractivity contribution is 6.07. The Kier molecular flexibility index (Phi) is 10.9. The molecule has 44 heavy (non-hydrogen) atoms. The Hall–Kier alpha value is -4.52. The molecule has 1 heterocycles. The molecule has 3 aromatic carbocycles. The van der Waals surface area contributed by atoms with Gasteiger partial charge in [-0.2, -0.15) is 0 Å². The van der Waals surface area contributed by atoms with Gasteiger partial charge in [0.25, 0.3) is 0 Å². The van der Waals surface area contributed by atoms with E-state index in [1.807, 2.05) is 72.5 Å². The first-order valence-electron chi connectivity index (χ1n) is 15.3. The zero-order valence-electron chi connectivity index (χ0n) is 26.4. The number of allylic oxidation sites excluding steroid dienone is 1. The van der Waals surface area contributed by atoms with Crippen LogP contribution in [0.25, 0.3) is 11.1 Å². The third-order valence-corrected chi connectivity index (χ3v) is 8.20. The molecule has 1 unspecified atom stereocenters. The lowest BCUT2D eigenvalue weighted by molar-refractivity contribution is -0.110. The second kappa shape index (κ2) is 14.8. The van der Waals surface area contributed by atoms with Crippen molar-refractivity contribution in [3.63, 3.8) is 0 Å². The number of methoxy groups -OCH3 is 2. The van der Waals surface area contributed by atoms with Crippen molar-refractivity contribution >= 4 is 29.7 Å². The van der Waals surface area contributed by atoms with Gasteiger partial charge in [-0.25, -0.2) is 14.6 Å². The lowest BCUT2D eigenvalue weighted by atomic mass is 9.81. The number of unbranched alkanes of at least 4 members (excludes halogenated alkanes) is 2. The summed E-state index contributed by atoms with van der Waals surface area (Å²) in [5.41, 5.74) is 4.94. The van der Waals surface area contributed by atoms with Crippen LogP contribution in [0.3, 0.4) is 0 Å². The van der Waals surface area contributed by atoms with Gasteiger partial charge in [0.1, 0.15) is 17.7 Å². The maximum Gasteiger partial charge on any atom is 0.338 e. The summed E-state index contributed by atoms with van der Waals surface area (Å²) in [6.45, 7) is 6.21. The lowest BCUT2D eigenvalue weighted by Gasteiger charge is -2.45. The Balaban J connectivity index is 1.89. The van der Waals surface area contributed by atoms with E-state index in [4.69, 9.17) is 14.5 Å². The molecular formula is C37H42N2O5. The summed E-state index contributed by atoms with van der Waals surface area (Å²) in [6.07, 6.45) is 6.72. The van der Waals surface area contributed by atoms with Crippen LogP contribution in [-0.2, 0) is 20.7 Å². The van der Waals surface area contributed by atoms with Gasteiger partial charge in [0.05, 0.1) is 25.3 Å². The molecule has 0 saturated heterocycles. The van der Waals surface area contributed by atoms with Gasteiger partial charge in [0, 0.05) is 17.8 Å². The normalized spacial score (nSPS) is 16.4. The first kappa shape index (κ1) is 32.4. The number of esters is 2. The molecule has 0 fully saturated rings. The minimum Gasteiger partial charge on any atom is -0.465 e. The largest absolute Gasteiger partial charge is 0.465 e. The van der Waals surface area contributed by atoms with E-state index in [9.17, 15) is 14.4 Å². The monoisotopic (exact) mass is 594 g/mol. The minimum absolute atomic E-state index is 0.397. The molecule has 1 atom stereocenters. The van der Waals surface area contributed by atoms with Crippen molar-refractivity contribution in [1.82, 2.24) is 0 Å². The van der Waals surface area contributed by atoms with Gasteiger partial charge in [-0.3, -0.25) is 0 Å². The molecule has 0 bridgehead atoms. The molecule has 0 spiro atoms. The number of carbonyl (C=O) groups is 3. The van der Waals surface area contributed by atoms with Gasteiger partial charge in [-0.1, -0.05) is 75.2 Å². The molecule has 4 rings (SSSR count). The quantitative estimate of drug-likeness (QED) is 0.147. The summed E-state index contributed by atoms with van der Waals surface area (Å²) < 4.78 is 10.1. The minimum atomic E-state index is -1.07. The standard InChI is InChI=1S/C37H42N2O5/c1-6-8-15-33-32(23-26-17-19-28(20-18-26)35(41)43-4)37(3,25-40)39(34(38-33)16-9-7-2)29-21-22-30(27-13-11-10-12-14-27)31(24-29)36(42)44-5/h10-14,17-22,24-25H,6-9,15-16,23H2,1-5H3. The topological polar surface area (TPSA) is 85.3 Å². The van der Waals surface area contributed by atoms with Gasteiger partial charge in [0.15, 0.2) is 0 Å². The third-order valence-electron chi connectivity index (χ3n) is 8.20. The van der Waals surface area contributed by atoms with Crippen LogP contribution in [0, 0.1) is 0 Å². The number of rotatable bonds is 13. The van der Waals surface area contributed by atoms with Crippen LogP contribution < -0.4 is 4.90 Å². The highest BCUT2D eigenvalue weighted by Crippen LogP contribution is 2.41. The highest BCUT2D eigenvalue weighted by Gasteiger charge is 2.43. The highest BCUT2D eigenvalue weighted by atomic mass is 16.5. The Morgan fingerprint density at radius 2 is 1.52 bits per heavy atom. The summed E-state index contributed by atoms with van der Waals surface area (Å²) in [5, 5.41) is 0. The predicted octanol–water partition coefficient (Wildman–Crippen LogP) is 7.98. The fourth-order valence-electron chi connectivity index (χ4n) is 5.74. The maximum absolute atomic E-state index is 13.4. The van der Waals surface area contributed by atoms with Gasteiger partial charge in [-0.15, -0.1) is 0 Å². The van der Waals surface area contributed by atoms with Crippen molar-refractivity contribution in [2.24, 2.45) is 4.99 Å². The number of aliphatic imine (C=N–C) groups is 1. The zero-order chi connectivity index (χ0) is 31.7. The molecule has 0 amide bonds. The Labute approximate surface area is 260 Å². The van der Waals surface area contributed by atoms with Gasteiger partial charge >= 0.3 is 11.9 Å². The van der Waals surface area contributed by atoms with Crippen molar-refractivity contribution in [3.05, 3.63) is 101 Å². The van der Waals surface area contributed by atoms with E-state index in [-0.39, 0.29) is 0 Å². The first-order valence-corrected chi connectivity index (χ1v) is 15.3. The molecule has 3 aromatic rings. The molecule has 0 saturated carbocycles. The average Bonchev–Trinajstić information content (AvgIpc) is 3.07. The molecule has 0 aliphatic carbocycles. The van der Waals surface area contributed by atoms with E-state index in [1.54, 1.807) is 12.1 Å². The number of hydrogen-bond acceptors (Lipinski definition) is 7. The maximum atomic E-state index is 13.4. The molecule has 0 radical (unpaired) electrons. The number of amidine groups is 1. The third kappa shape index (κ3) is 6.83. The van der Waals surface area contributed by atoms with Crippen LogP contribution >= 0.6 is 0 Å². The van der Waals surface area contributed by atoms with E-state index >= 15 is 0 Å². The fourth-order valence-corrected chi connectivity index (χ4v) is 5.74. The van der Waals surface area contributed by atoms with Gasteiger partial charge < -0.3 is 19.2 Å². The van der Waals surface area contributed by atoms with Crippen molar-refractivity contribution in [3.8, 4) is 11.1 Å². The van der Waals surface area contributed by atoms with E-state index < -0.39 is 17.5 Å². The molecule has 230 valence electrons. The smallest absolute Gasteiger partial charge is 0.338 e. The van der Waals surface area contributed by atoms with Crippen LogP contribution in [0.1, 0.15) is 85.6 Å². The molecule has 0 aromatic heterocycles. The Bertz CT molecular complexity index is 1540. The number of ether oxygens (including phenoxy) is 2. The van der Waals surface area contributed by atoms with Crippen molar-refractivity contribution in [1.29, 1.82) is 0 Å². The summed E-state index contributed by atoms with van der Waals surface area (Å²) in [7, 11) is 2.74. The zero-order valence-corrected chi connectivity index (χ0v) is 26.4. The molecule has 1 aliphatic rings. The first-order chi connectivity index (χ1) is 21.3. The van der Waals surface area contributed by atoms with Crippen LogP contribution in [0.2, 0.25) is 0 Å². The molecule has 7 heteroatoms. The molecule has 1 aliphatic heterocycles. The summed E-state index contributed by atoms with van der Waals surface area (Å²) in [6, 6.07) is 22.7. The summed E-state index contributed by atoms with van der Waals surface area (Å²) >= 11 is 0. The number of aldehydes is 1. The van der Waals surface area contributed by atoms with E-state index in [0.717, 1.165) is 72.2 Å². The number of benzene rings is 3. The SMILES string of the molecule is CCCCC1=NC(CCCC)=C(Cc2ccc(C(=O)OC)cc2)C(C)(C=O)N1c1ccc(-c2ccccc2)c(C(=O)OC)c1. The van der Waals surface area contributed by atoms with Crippen molar-refractivity contribution < 1.29 is 23.9 Å². The summed E-state index contributed by atoms with van der Waals surface area (Å²) in [4.78, 5) is 45.8. The number of anilines is 1. The Morgan fingerprint density at radius 1 is 0.864 bits per heavy atom. The Morgan fingerprint density at radius 3 is 2.14 bits per heavy atom. The number of carbonyl (C=O) groups excluding carboxylic acids is 3. The van der Waals surface area contributed by atoms with E-state index in [1.165, 1.54) is 14.2 Å². The molecule has 0 N–H and O–H groups in total. The number of nitrogens with zero attached hydrogens (tertiary/aromatic N) is 2. The van der Waals surface area contributed by atoms with E-state index in [2.05, 4.69) is 13.8 Å². The summed E-state index contributed by atoms with van der Waals surface area (Å²) in [5.74, 6) is -0.0419. The average molecular weight is 595 g/mol. The molecule has 7 nitrogen and oxygen atoms in total. The molecular weight excluding hydrogens is 552 g/mol. The van der Waals surface area contributed by atoms with E-state index in [0.29, 0.717) is 29.7 Å². The van der Waals surface area contributed by atoms with Crippen molar-refractivity contribution in [2.75, 3.05) is 19.1 Å². The van der Waals surface area contributed by atoms with Gasteiger partial charge in [-0.05, 0) is 79.1 Å². The van der Waals surface area contributed by atoms with Crippen LogP contribution in [-0.4, -0.2) is 43.8 Å². The second-order valence-electron chi connectivity index (χ2n) is 11.2. The van der Waals surface area contributed by atoms with Crippen LogP contribution in [0.5, 0.6) is 0 Å². The van der Waals surface area contributed by atoms with Gasteiger partial charge in [0.2, 0.25) is 0 Å². The second-order valence-corrected chi connectivity index (χ2v) is 11.2. The lowest BCUT2D eigenvalue weighted by Crippen LogP contribution is -2.55. The van der Waals surface area contributed by atoms with Crippen molar-refractivity contribution in [2.45, 2.75) is 71.3 Å².